The molecule has 7 heteroatoms. The number of hydrogen-bond acceptors (Lipinski definition) is 6. The van der Waals surface area contributed by atoms with E-state index in [0.717, 1.165) is 13.1 Å². The molecule has 1 N–H and O–H groups in total. The molecule has 0 radical (unpaired) electrons. The van der Waals surface area contributed by atoms with E-state index in [9.17, 15) is 9.90 Å². The van der Waals surface area contributed by atoms with Crippen molar-refractivity contribution in [2.75, 3.05) is 32.8 Å². The van der Waals surface area contributed by atoms with Gasteiger partial charge in [0, 0.05) is 25.8 Å². The lowest BCUT2D eigenvalue weighted by molar-refractivity contribution is 0.0113. The minimum absolute atomic E-state index is 0.172. The van der Waals surface area contributed by atoms with Crippen LogP contribution in [0, 0.1) is 0 Å². The molecule has 3 rings (SSSR count). The molecule has 3 heterocycles. The maximum atomic E-state index is 12.3. The zero-order valence-electron chi connectivity index (χ0n) is 11.7. The van der Waals surface area contributed by atoms with Gasteiger partial charge in [-0.05, 0) is 12.1 Å². The Hall–Kier alpha value is -1.83. The number of β-amino-alcohol motifs (C(OH)–C–C–N with tert-alkyl or cyclic N) is 1. The SMILES string of the molecule is O=c1c2cccnc2ncn1CC(O)CN1CCOCC1. The molecule has 1 aliphatic heterocycles. The van der Waals surface area contributed by atoms with Crippen LogP contribution in [-0.4, -0.2) is 63.5 Å². The first-order valence-corrected chi connectivity index (χ1v) is 7.02. The molecular formula is C14H18N4O3. The van der Waals surface area contributed by atoms with Crippen molar-refractivity contribution in [1.29, 1.82) is 0 Å². The summed E-state index contributed by atoms with van der Waals surface area (Å²) in [5, 5.41) is 10.6. The van der Waals surface area contributed by atoms with E-state index in [-0.39, 0.29) is 12.1 Å². The lowest BCUT2D eigenvalue weighted by Gasteiger charge is -2.28. The molecule has 112 valence electrons. The summed E-state index contributed by atoms with van der Waals surface area (Å²) >= 11 is 0. The van der Waals surface area contributed by atoms with E-state index in [4.69, 9.17) is 4.74 Å². The molecule has 2 aromatic heterocycles. The molecule has 21 heavy (non-hydrogen) atoms. The molecule has 1 saturated heterocycles. The number of aromatic nitrogens is 3. The molecular weight excluding hydrogens is 272 g/mol. The zero-order chi connectivity index (χ0) is 14.7. The molecule has 2 aromatic rings. The van der Waals surface area contributed by atoms with Crippen LogP contribution in [0.4, 0.5) is 0 Å². The van der Waals surface area contributed by atoms with Gasteiger partial charge in [-0.2, -0.15) is 0 Å². The highest BCUT2D eigenvalue weighted by atomic mass is 16.5. The molecule has 0 saturated carbocycles. The maximum Gasteiger partial charge on any atom is 0.262 e. The average Bonchev–Trinajstić information content (AvgIpc) is 2.51. The van der Waals surface area contributed by atoms with Gasteiger partial charge in [-0.1, -0.05) is 0 Å². The quantitative estimate of drug-likeness (QED) is 0.816. The first-order chi connectivity index (χ1) is 10.2. The van der Waals surface area contributed by atoms with E-state index >= 15 is 0 Å². The Labute approximate surface area is 121 Å². The second-order valence-corrected chi connectivity index (χ2v) is 5.14. The van der Waals surface area contributed by atoms with Gasteiger partial charge in [-0.3, -0.25) is 14.3 Å². The van der Waals surface area contributed by atoms with Gasteiger partial charge in [0.25, 0.3) is 5.56 Å². The fourth-order valence-corrected chi connectivity index (χ4v) is 2.49. The van der Waals surface area contributed by atoms with E-state index in [1.807, 2.05) is 0 Å². The van der Waals surface area contributed by atoms with Gasteiger partial charge in [0.15, 0.2) is 5.65 Å². The Morgan fingerprint density at radius 2 is 2.10 bits per heavy atom. The lowest BCUT2D eigenvalue weighted by atomic mass is 10.3. The highest BCUT2D eigenvalue weighted by molar-refractivity contribution is 5.72. The molecule has 1 atom stereocenters. The smallest absolute Gasteiger partial charge is 0.262 e. The van der Waals surface area contributed by atoms with E-state index in [1.165, 1.54) is 10.9 Å². The second-order valence-electron chi connectivity index (χ2n) is 5.14. The van der Waals surface area contributed by atoms with Crippen LogP contribution in [0.1, 0.15) is 0 Å². The molecule has 7 nitrogen and oxygen atoms in total. The van der Waals surface area contributed by atoms with Gasteiger partial charge in [0.1, 0.15) is 6.33 Å². The summed E-state index contributed by atoms with van der Waals surface area (Å²) in [6.45, 7) is 3.76. The number of pyridine rings is 1. The van der Waals surface area contributed by atoms with Gasteiger partial charge < -0.3 is 9.84 Å². The fraction of sp³-hybridized carbons (Fsp3) is 0.500. The molecule has 1 unspecified atom stereocenters. The number of hydrogen-bond donors (Lipinski definition) is 1. The van der Waals surface area contributed by atoms with E-state index in [0.29, 0.717) is 30.8 Å². The van der Waals surface area contributed by atoms with Gasteiger partial charge in [0.2, 0.25) is 0 Å². The topological polar surface area (TPSA) is 80.5 Å². The second kappa shape index (κ2) is 6.30. The summed E-state index contributed by atoms with van der Waals surface area (Å²) < 4.78 is 6.71. The van der Waals surface area contributed by atoms with Crippen molar-refractivity contribution in [2.24, 2.45) is 0 Å². The van der Waals surface area contributed by atoms with E-state index in [1.54, 1.807) is 18.3 Å². The van der Waals surface area contributed by atoms with Crippen LogP contribution in [0.2, 0.25) is 0 Å². The van der Waals surface area contributed by atoms with Crippen LogP contribution in [0.3, 0.4) is 0 Å². The van der Waals surface area contributed by atoms with Crippen LogP contribution in [0.5, 0.6) is 0 Å². The predicted octanol–water partition coefficient (Wildman–Crippen LogP) is -0.515. The minimum atomic E-state index is -0.614. The van der Waals surface area contributed by atoms with E-state index < -0.39 is 6.10 Å². The van der Waals surface area contributed by atoms with E-state index in [2.05, 4.69) is 14.9 Å². The Morgan fingerprint density at radius 3 is 2.90 bits per heavy atom. The molecule has 0 aromatic carbocycles. The number of nitrogens with zero attached hydrogens (tertiary/aromatic N) is 4. The van der Waals surface area contributed by atoms with Crippen molar-refractivity contribution in [1.82, 2.24) is 19.4 Å². The summed E-state index contributed by atoms with van der Waals surface area (Å²) in [6.07, 6.45) is 2.43. The third kappa shape index (κ3) is 3.26. The van der Waals surface area contributed by atoms with Crippen LogP contribution in [-0.2, 0) is 11.3 Å². The Morgan fingerprint density at radius 1 is 1.29 bits per heavy atom. The molecule has 1 aliphatic rings. The van der Waals surface area contributed by atoms with Crippen molar-refractivity contribution >= 4 is 11.0 Å². The van der Waals surface area contributed by atoms with Gasteiger partial charge in [-0.25, -0.2) is 9.97 Å². The number of ether oxygens (including phenoxy) is 1. The maximum absolute atomic E-state index is 12.3. The molecule has 1 fully saturated rings. The van der Waals surface area contributed by atoms with Crippen molar-refractivity contribution in [2.45, 2.75) is 12.6 Å². The zero-order valence-corrected chi connectivity index (χ0v) is 11.7. The predicted molar refractivity (Wildman–Crippen MR) is 77.1 cm³/mol. The summed E-state index contributed by atoms with van der Waals surface area (Å²) in [7, 11) is 0. The Bertz CT molecular complexity index is 667. The molecule has 0 bridgehead atoms. The summed E-state index contributed by atoms with van der Waals surface area (Å²) in [5.41, 5.74) is 0.260. The first kappa shape index (κ1) is 14.1. The third-order valence-electron chi connectivity index (χ3n) is 3.58. The van der Waals surface area contributed by atoms with Gasteiger partial charge in [-0.15, -0.1) is 0 Å². The summed E-state index contributed by atoms with van der Waals surface area (Å²) in [6, 6.07) is 3.41. The highest BCUT2D eigenvalue weighted by Crippen LogP contribution is 2.03. The van der Waals surface area contributed by atoms with Gasteiger partial charge >= 0.3 is 0 Å². The Balaban J connectivity index is 1.72. The first-order valence-electron chi connectivity index (χ1n) is 7.02. The minimum Gasteiger partial charge on any atom is -0.390 e. The number of aliphatic hydroxyl groups is 1. The normalized spacial score (nSPS) is 18.0. The third-order valence-corrected chi connectivity index (χ3v) is 3.58. The average molecular weight is 290 g/mol. The molecule has 0 aliphatic carbocycles. The monoisotopic (exact) mass is 290 g/mol. The summed E-state index contributed by atoms with van der Waals surface area (Å²) in [4.78, 5) is 22.6. The standard InChI is InChI=1S/C14H18N4O3/c19-11(8-17-4-6-21-7-5-17)9-18-10-16-13-12(14(18)20)2-1-3-15-13/h1-3,10-11,19H,4-9H2. The van der Waals surface area contributed by atoms with Crippen molar-refractivity contribution in [3.05, 3.63) is 35.0 Å². The van der Waals surface area contributed by atoms with Gasteiger partial charge in [0.05, 0.1) is 31.2 Å². The fourth-order valence-electron chi connectivity index (χ4n) is 2.49. The Kier molecular flexibility index (Phi) is 4.23. The number of rotatable bonds is 4. The highest BCUT2D eigenvalue weighted by Gasteiger charge is 2.16. The number of fused-ring (bicyclic) bond motifs is 1. The van der Waals surface area contributed by atoms with Crippen molar-refractivity contribution < 1.29 is 9.84 Å². The van der Waals surface area contributed by atoms with Crippen molar-refractivity contribution in [3.63, 3.8) is 0 Å². The molecule has 0 spiro atoms. The van der Waals surface area contributed by atoms with Crippen molar-refractivity contribution in [3.8, 4) is 0 Å². The van der Waals surface area contributed by atoms with Crippen LogP contribution >= 0.6 is 0 Å². The summed E-state index contributed by atoms with van der Waals surface area (Å²) in [5.74, 6) is 0. The molecule has 0 amide bonds. The van der Waals surface area contributed by atoms with Crippen LogP contribution < -0.4 is 5.56 Å². The van der Waals surface area contributed by atoms with Crippen LogP contribution in [0.15, 0.2) is 29.5 Å². The lowest BCUT2D eigenvalue weighted by Crippen LogP contribution is -2.42. The number of morpholine rings is 1. The van der Waals surface area contributed by atoms with Crippen LogP contribution in [0.25, 0.3) is 11.0 Å². The largest absolute Gasteiger partial charge is 0.390 e. The number of aliphatic hydroxyl groups excluding tert-OH is 1.